The Morgan fingerprint density at radius 3 is 2.72 bits per heavy atom. The summed E-state index contributed by atoms with van der Waals surface area (Å²) in [4.78, 5) is 14.6. The summed E-state index contributed by atoms with van der Waals surface area (Å²) in [7, 11) is 0. The van der Waals surface area contributed by atoms with Gasteiger partial charge in [-0.1, -0.05) is 36.4 Å². The number of nitro groups is 1. The van der Waals surface area contributed by atoms with Crippen LogP contribution in [-0.2, 0) is 0 Å². The molecule has 0 atom stereocenters. The van der Waals surface area contributed by atoms with Gasteiger partial charge in [0.25, 0.3) is 6.54 Å². The van der Waals surface area contributed by atoms with Gasteiger partial charge < -0.3 is 0 Å². The molecule has 4 nitrogen and oxygen atoms in total. The van der Waals surface area contributed by atoms with Gasteiger partial charge in [-0.25, -0.2) is 4.99 Å². The van der Waals surface area contributed by atoms with Crippen LogP contribution in [-0.4, -0.2) is 22.8 Å². The van der Waals surface area contributed by atoms with Crippen LogP contribution < -0.4 is 0 Å². The van der Waals surface area contributed by atoms with E-state index in [1.54, 1.807) is 6.26 Å². The third kappa shape index (κ3) is 2.87. The Balaban J connectivity index is 2.47. The summed E-state index contributed by atoms with van der Waals surface area (Å²) in [5, 5.41) is 13.1. The number of rotatable bonds is 3. The first-order valence-electron chi connectivity index (χ1n) is 5.42. The lowest BCUT2D eigenvalue weighted by Gasteiger charge is -2.03. The van der Waals surface area contributed by atoms with Gasteiger partial charge in [-0.15, -0.1) is 11.8 Å². The molecule has 2 aromatic carbocycles. The smallest absolute Gasteiger partial charge is 0.251 e. The van der Waals surface area contributed by atoms with Crippen molar-refractivity contribution in [3.8, 4) is 0 Å². The fraction of sp³-hybridized carbons (Fsp3) is 0.154. The van der Waals surface area contributed by atoms with Crippen molar-refractivity contribution in [2.45, 2.75) is 0 Å². The molecule has 0 saturated carbocycles. The van der Waals surface area contributed by atoms with E-state index in [1.807, 2.05) is 42.5 Å². The van der Waals surface area contributed by atoms with E-state index in [0.717, 1.165) is 16.5 Å². The highest BCUT2D eigenvalue weighted by molar-refractivity contribution is 8.13. The molecule has 0 unspecified atom stereocenters. The van der Waals surface area contributed by atoms with Crippen LogP contribution in [0, 0.1) is 10.1 Å². The second-order valence-electron chi connectivity index (χ2n) is 3.70. The van der Waals surface area contributed by atoms with Crippen LogP contribution in [0.2, 0.25) is 0 Å². The van der Waals surface area contributed by atoms with Crippen LogP contribution in [0.15, 0.2) is 47.5 Å². The maximum atomic E-state index is 10.5. The summed E-state index contributed by atoms with van der Waals surface area (Å²) in [6.07, 6.45) is 1.80. The van der Waals surface area contributed by atoms with Crippen LogP contribution in [0.1, 0.15) is 0 Å². The average molecular weight is 260 g/mol. The molecule has 2 aromatic rings. The van der Waals surface area contributed by atoms with Gasteiger partial charge in [-0.05, 0) is 17.7 Å². The Labute approximate surface area is 109 Å². The third-order valence-corrected chi connectivity index (χ3v) is 3.20. The van der Waals surface area contributed by atoms with Gasteiger partial charge in [-0.2, -0.15) is 0 Å². The van der Waals surface area contributed by atoms with Gasteiger partial charge in [0.1, 0.15) is 5.04 Å². The summed E-state index contributed by atoms with van der Waals surface area (Å²) >= 11 is 1.31. The minimum Gasteiger partial charge on any atom is -0.264 e. The summed E-state index contributed by atoms with van der Waals surface area (Å²) < 4.78 is 0. The molecule has 0 heterocycles. The van der Waals surface area contributed by atoms with Crippen molar-refractivity contribution in [2.75, 3.05) is 12.8 Å². The number of hydrogen-bond donors (Lipinski definition) is 0. The van der Waals surface area contributed by atoms with Crippen LogP contribution in [0.25, 0.3) is 10.8 Å². The molecule has 0 saturated heterocycles. The van der Waals surface area contributed by atoms with Crippen molar-refractivity contribution in [2.24, 2.45) is 4.99 Å². The predicted molar refractivity (Wildman–Crippen MR) is 76.4 cm³/mol. The SMILES string of the molecule is CSC(C[N+](=O)[O-])=Nc1cccc2ccccc12. The Morgan fingerprint density at radius 2 is 2.00 bits per heavy atom. The van der Waals surface area contributed by atoms with Gasteiger partial charge >= 0.3 is 0 Å². The zero-order valence-corrected chi connectivity index (χ0v) is 10.7. The van der Waals surface area contributed by atoms with Gasteiger partial charge in [0.05, 0.1) is 5.69 Å². The van der Waals surface area contributed by atoms with E-state index in [0.29, 0.717) is 5.04 Å². The Kier molecular flexibility index (Phi) is 3.94. The Bertz CT molecular complexity index is 605. The van der Waals surface area contributed by atoms with E-state index < -0.39 is 0 Å². The molecule has 0 spiro atoms. The third-order valence-electron chi connectivity index (χ3n) is 2.51. The van der Waals surface area contributed by atoms with Gasteiger partial charge in [0.15, 0.2) is 0 Å². The number of hydrogen-bond acceptors (Lipinski definition) is 4. The fourth-order valence-electron chi connectivity index (χ4n) is 1.70. The number of benzene rings is 2. The van der Waals surface area contributed by atoms with Crippen molar-refractivity contribution in [3.05, 3.63) is 52.6 Å². The fourth-order valence-corrected chi connectivity index (χ4v) is 2.12. The van der Waals surface area contributed by atoms with E-state index >= 15 is 0 Å². The van der Waals surface area contributed by atoms with Crippen molar-refractivity contribution in [3.63, 3.8) is 0 Å². The monoisotopic (exact) mass is 260 g/mol. The standard InChI is InChI=1S/C13H12N2O2S/c1-18-13(9-15(16)17)14-12-8-4-6-10-5-2-3-7-11(10)12/h2-8H,9H2,1H3. The molecule has 0 aliphatic heterocycles. The molecule has 0 amide bonds. The molecule has 0 bridgehead atoms. The lowest BCUT2D eigenvalue weighted by molar-refractivity contribution is -0.462. The maximum absolute atomic E-state index is 10.5. The highest BCUT2D eigenvalue weighted by atomic mass is 32.2. The summed E-state index contributed by atoms with van der Waals surface area (Å²) in [6.45, 7) is -0.232. The van der Waals surface area contributed by atoms with Crippen LogP contribution >= 0.6 is 11.8 Å². The second-order valence-corrected chi connectivity index (χ2v) is 4.58. The van der Waals surface area contributed by atoms with E-state index in [2.05, 4.69) is 4.99 Å². The Morgan fingerprint density at radius 1 is 1.28 bits per heavy atom. The zero-order valence-electron chi connectivity index (χ0n) is 9.87. The molecule has 5 heteroatoms. The first kappa shape index (κ1) is 12.6. The molecule has 0 fully saturated rings. The topological polar surface area (TPSA) is 55.5 Å². The molecular formula is C13H12N2O2S. The molecule has 0 aromatic heterocycles. The lowest BCUT2D eigenvalue weighted by atomic mass is 10.1. The summed E-state index contributed by atoms with van der Waals surface area (Å²) in [5.41, 5.74) is 0.777. The van der Waals surface area contributed by atoms with Crippen LogP contribution in [0.5, 0.6) is 0 Å². The lowest BCUT2D eigenvalue weighted by Crippen LogP contribution is -2.09. The molecule has 2 rings (SSSR count). The van der Waals surface area contributed by atoms with Crippen LogP contribution in [0.3, 0.4) is 0 Å². The average Bonchev–Trinajstić information content (AvgIpc) is 2.38. The molecule has 92 valence electrons. The maximum Gasteiger partial charge on any atom is 0.251 e. The van der Waals surface area contributed by atoms with E-state index in [9.17, 15) is 10.1 Å². The number of nitrogens with zero attached hydrogens (tertiary/aromatic N) is 2. The number of thioether (sulfide) groups is 1. The van der Waals surface area contributed by atoms with Crippen LogP contribution in [0.4, 0.5) is 5.69 Å². The van der Waals surface area contributed by atoms with Crippen molar-refractivity contribution < 1.29 is 4.92 Å². The van der Waals surface area contributed by atoms with E-state index in [4.69, 9.17) is 0 Å². The molecule has 0 aliphatic carbocycles. The number of fused-ring (bicyclic) bond motifs is 1. The summed E-state index contributed by atoms with van der Waals surface area (Å²) in [6, 6.07) is 13.7. The second kappa shape index (κ2) is 5.64. The predicted octanol–water partition coefficient (Wildman–Crippen LogP) is 3.51. The minimum absolute atomic E-state index is 0.232. The minimum atomic E-state index is -0.361. The molecule has 0 N–H and O–H groups in total. The van der Waals surface area contributed by atoms with Gasteiger partial charge in [-0.3, -0.25) is 10.1 Å². The van der Waals surface area contributed by atoms with E-state index in [-0.39, 0.29) is 11.5 Å². The first-order valence-corrected chi connectivity index (χ1v) is 6.64. The molecule has 0 aliphatic rings. The van der Waals surface area contributed by atoms with E-state index in [1.165, 1.54) is 11.8 Å². The highest BCUT2D eigenvalue weighted by Crippen LogP contribution is 2.26. The quantitative estimate of drug-likeness (QED) is 0.367. The largest absolute Gasteiger partial charge is 0.264 e. The van der Waals surface area contributed by atoms with Crippen molar-refractivity contribution in [1.29, 1.82) is 0 Å². The van der Waals surface area contributed by atoms with Crippen molar-refractivity contribution in [1.82, 2.24) is 0 Å². The zero-order chi connectivity index (χ0) is 13.0. The van der Waals surface area contributed by atoms with Crippen molar-refractivity contribution >= 4 is 33.3 Å². The summed E-state index contributed by atoms with van der Waals surface area (Å²) in [5.74, 6) is 0. The highest BCUT2D eigenvalue weighted by Gasteiger charge is 2.07. The normalized spacial score (nSPS) is 11.7. The molecular weight excluding hydrogens is 248 g/mol. The molecule has 0 radical (unpaired) electrons. The first-order chi connectivity index (χ1) is 8.70. The molecule has 18 heavy (non-hydrogen) atoms. The Hall–Kier alpha value is -1.88. The van der Waals surface area contributed by atoms with Gasteiger partial charge in [0.2, 0.25) is 0 Å². The van der Waals surface area contributed by atoms with Gasteiger partial charge in [0, 0.05) is 10.3 Å². The number of aliphatic imine (C=N–C) groups is 1.